The van der Waals surface area contributed by atoms with Gasteiger partial charge in [0.05, 0.1) is 15.9 Å². The lowest BCUT2D eigenvalue weighted by Crippen LogP contribution is -2.18. The van der Waals surface area contributed by atoms with Crippen molar-refractivity contribution < 1.29 is 14.1 Å². The van der Waals surface area contributed by atoms with E-state index >= 15 is 0 Å². The fourth-order valence-electron chi connectivity index (χ4n) is 2.35. The van der Waals surface area contributed by atoms with Gasteiger partial charge in [0, 0.05) is 18.8 Å². The molecule has 0 unspecified atom stereocenters. The Morgan fingerprint density at radius 2 is 2.15 bits per heavy atom. The summed E-state index contributed by atoms with van der Waals surface area (Å²) < 4.78 is 16.7. The average molecular weight is 423 g/mol. The summed E-state index contributed by atoms with van der Waals surface area (Å²) in [5.74, 6) is -0.939. The molecule has 0 saturated carbocycles. The number of anilines is 1. The van der Waals surface area contributed by atoms with Crippen LogP contribution in [0.15, 0.2) is 41.1 Å². The van der Waals surface area contributed by atoms with Crippen LogP contribution in [0.2, 0.25) is 0 Å². The first-order valence-corrected chi connectivity index (χ1v) is 8.10. The summed E-state index contributed by atoms with van der Waals surface area (Å²) in [5.41, 5.74) is -0.180. The molecule has 0 aliphatic heterocycles. The Morgan fingerprint density at radius 1 is 1.42 bits per heavy atom. The molecule has 0 bridgehead atoms. The second kappa shape index (κ2) is 7.04. The summed E-state index contributed by atoms with van der Waals surface area (Å²) in [6.07, 6.45) is 2.57. The first-order chi connectivity index (χ1) is 12.4. The van der Waals surface area contributed by atoms with Crippen LogP contribution < -0.4 is 5.32 Å². The van der Waals surface area contributed by atoms with E-state index in [2.05, 4.69) is 31.4 Å². The second-order valence-corrected chi connectivity index (χ2v) is 6.18. The van der Waals surface area contributed by atoms with Crippen molar-refractivity contribution >= 4 is 33.3 Å². The van der Waals surface area contributed by atoms with Crippen molar-refractivity contribution in [2.45, 2.75) is 6.54 Å². The number of nitro groups is 1. The number of rotatable bonds is 5. The molecule has 0 saturated heterocycles. The third kappa shape index (κ3) is 3.47. The standard InChI is InChI=1S/C15H12BrFN6O3/c1-21-13(12(6-18-21)23(25)26)15(24)19-14-10(16)8-22(20-14)7-9-4-2-3-5-11(9)17/h2-6,8H,7H2,1H3,(H,19,20,24). The molecule has 0 aliphatic rings. The lowest BCUT2D eigenvalue weighted by molar-refractivity contribution is -0.385. The van der Waals surface area contributed by atoms with Gasteiger partial charge in [-0.25, -0.2) is 4.39 Å². The van der Waals surface area contributed by atoms with Gasteiger partial charge in [-0.05, 0) is 22.0 Å². The van der Waals surface area contributed by atoms with Crippen LogP contribution in [0.4, 0.5) is 15.9 Å². The molecule has 3 rings (SSSR count). The maximum atomic E-state index is 13.7. The summed E-state index contributed by atoms with van der Waals surface area (Å²) in [6.45, 7) is 0.160. The minimum atomic E-state index is -0.728. The van der Waals surface area contributed by atoms with Crippen LogP contribution in [0.5, 0.6) is 0 Å². The Morgan fingerprint density at radius 3 is 2.85 bits per heavy atom. The Hall–Kier alpha value is -3.08. The van der Waals surface area contributed by atoms with Crippen LogP contribution in [0.25, 0.3) is 0 Å². The fourth-order valence-corrected chi connectivity index (χ4v) is 2.77. The SMILES string of the molecule is Cn1ncc([N+](=O)[O-])c1C(=O)Nc1nn(Cc2ccccc2F)cc1Br. The van der Waals surface area contributed by atoms with E-state index in [1.165, 1.54) is 17.8 Å². The summed E-state index contributed by atoms with van der Waals surface area (Å²) in [7, 11) is 1.42. The molecule has 0 spiro atoms. The molecule has 0 fully saturated rings. The van der Waals surface area contributed by atoms with Gasteiger partial charge in [-0.3, -0.25) is 24.3 Å². The number of aromatic nitrogens is 4. The van der Waals surface area contributed by atoms with Gasteiger partial charge in [0.2, 0.25) is 5.69 Å². The third-order valence-corrected chi connectivity index (χ3v) is 4.15. The van der Waals surface area contributed by atoms with Gasteiger partial charge in [-0.2, -0.15) is 10.2 Å². The molecule has 2 heterocycles. The minimum Gasteiger partial charge on any atom is -0.303 e. The second-order valence-electron chi connectivity index (χ2n) is 5.33. The van der Waals surface area contributed by atoms with Gasteiger partial charge in [0.1, 0.15) is 12.0 Å². The first-order valence-electron chi connectivity index (χ1n) is 7.31. The Kier molecular flexibility index (Phi) is 4.80. The summed E-state index contributed by atoms with van der Waals surface area (Å²) in [5, 5.41) is 21.4. The van der Waals surface area contributed by atoms with Gasteiger partial charge < -0.3 is 5.32 Å². The van der Waals surface area contributed by atoms with E-state index < -0.39 is 16.5 Å². The van der Waals surface area contributed by atoms with Crippen molar-refractivity contribution in [2.24, 2.45) is 7.05 Å². The predicted molar refractivity (Wildman–Crippen MR) is 93.2 cm³/mol. The number of benzene rings is 1. The Bertz CT molecular complexity index is 999. The molecular formula is C15H12BrFN6O3. The minimum absolute atomic E-state index is 0.154. The highest BCUT2D eigenvalue weighted by Gasteiger charge is 2.26. The van der Waals surface area contributed by atoms with E-state index in [9.17, 15) is 19.3 Å². The van der Waals surface area contributed by atoms with E-state index in [0.717, 1.165) is 10.9 Å². The lowest BCUT2D eigenvalue weighted by Gasteiger charge is -2.04. The molecule has 9 nitrogen and oxygen atoms in total. The van der Waals surface area contributed by atoms with Crippen molar-refractivity contribution in [3.63, 3.8) is 0 Å². The smallest absolute Gasteiger partial charge is 0.303 e. The molecule has 1 amide bonds. The van der Waals surface area contributed by atoms with E-state index in [4.69, 9.17) is 0 Å². The summed E-state index contributed by atoms with van der Waals surface area (Å²) in [4.78, 5) is 22.7. The number of amides is 1. The van der Waals surface area contributed by atoms with Crippen LogP contribution in [-0.2, 0) is 13.6 Å². The van der Waals surface area contributed by atoms with Crippen LogP contribution in [0, 0.1) is 15.9 Å². The zero-order valence-electron chi connectivity index (χ0n) is 13.4. The van der Waals surface area contributed by atoms with Gasteiger partial charge in [-0.15, -0.1) is 0 Å². The molecule has 0 atom stereocenters. The van der Waals surface area contributed by atoms with Crippen molar-refractivity contribution in [3.05, 3.63) is 68.3 Å². The number of hydrogen-bond donors (Lipinski definition) is 1. The summed E-state index contributed by atoms with van der Waals surface area (Å²) >= 11 is 3.26. The van der Waals surface area contributed by atoms with Gasteiger partial charge in [0.15, 0.2) is 5.82 Å². The molecule has 26 heavy (non-hydrogen) atoms. The lowest BCUT2D eigenvalue weighted by atomic mass is 10.2. The number of carbonyl (C=O) groups excluding carboxylic acids is 1. The highest BCUT2D eigenvalue weighted by atomic mass is 79.9. The molecule has 3 aromatic rings. The first kappa shape index (κ1) is 17.7. The number of halogens is 2. The zero-order chi connectivity index (χ0) is 18.8. The largest absolute Gasteiger partial charge is 0.320 e. The monoisotopic (exact) mass is 422 g/mol. The number of carbonyl (C=O) groups is 1. The molecule has 2 aromatic heterocycles. The van der Waals surface area contributed by atoms with Gasteiger partial charge >= 0.3 is 5.69 Å². The normalized spacial score (nSPS) is 10.7. The molecule has 0 radical (unpaired) electrons. The third-order valence-electron chi connectivity index (χ3n) is 3.57. The van der Waals surface area contributed by atoms with Gasteiger partial charge in [0.25, 0.3) is 5.91 Å². The van der Waals surface area contributed by atoms with E-state index in [1.807, 2.05) is 0 Å². The van der Waals surface area contributed by atoms with Crippen LogP contribution in [-0.4, -0.2) is 30.4 Å². The maximum Gasteiger partial charge on any atom is 0.320 e. The van der Waals surface area contributed by atoms with E-state index in [-0.39, 0.29) is 23.9 Å². The van der Waals surface area contributed by atoms with Crippen molar-refractivity contribution in [1.29, 1.82) is 0 Å². The van der Waals surface area contributed by atoms with Crippen molar-refractivity contribution in [2.75, 3.05) is 5.32 Å². The number of aryl methyl sites for hydroxylation is 1. The Balaban J connectivity index is 1.82. The maximum absolute atomic E-state index is 13.7. The number of hydrogen-bond acceptors (Lipinski definition) is 5. The van der Waals surface area contributed by atoms with Crippen LogP contribution in [0.3, 0.4) is 0 Å². The quantitative estimate of drug-likeness (QED) is 0.502. The molecular weight excluding hydrogens is 411 g/mol. The highest BCUT2D eigenvalue weighted by Crippen LogP contribution is 2.24. The number of nitrogens with one attached hydrogen (secondary N) is 1. The van der Waals surface area contributed by atoms with Crippen LogP contribution >= 0.6 is 15.9 Å². The van der Waals surface area contributed by atoms with Crippen LogP contribution in [0.1, 0.15) is 16.1 Å². The van der Waals surface area contributed by atoms with E-state index in [0.29, 0.717) is 10.0 Å². The molecule has 0 aliphatic carbocycles. The molecule has 134 valence electrons. The molecule has 11 heteroatoms. The van der Waals surface area contributed by atoms with Crippen molar-refractivity contribution in [1.82, 2.24) is 19.6 Å². The van der Waals surface area contributed by atoms with Crippen molar-refractivity contribution in [3.8, 4) is 0 Å². The highest BCUT2D eigenvalue weighted by molar-refractivity contribution is 9.10. The molecule has 1 aromatic carbocycles. The predicted octanol–water partition coefficient (Wildman–Crippen LogP) is 2.73. The van der Waals surface area contributed by atoms with E-state index in [1.54, 1.807) is 24.4 Å². The molecule has 1 N–H and O–H groups in total. The number of nitrogens with zero attached hydrogens (tertiary/aromatic N) is 5. The fraction of sp³-hybridized carbons (Fsp3) is 0.133. The topological polar surface area (TPSA) is 108 Å². The average Bonchev–Trinajstić information content (AvgIpc) is 3.13. The zero-order valence-corrected chi connectivity index (χ0v) is 15.0. The summed E-state index contributed by atoms with van der Waals surface area (Å²) in [6, 6.07) is 6.27. The Labute approximate surface area is 154 Å². The van der Waals surface area contributed by atoms with Gasteiger partial charge in [-0.1, -0.05) is 18.2 Å².